The summed E-state index contributed by atoms with van der Waals surface area (Å²) in [5.41, 5.74) is 2.01. The van der Waals surface area contributed by atoms with Crippen LogP contribution in [0.25, 0.3) is 0 Å². The van der Waals surface area contributed by atoms with E-state index >= 15 is 0 Å². The minimum Gasteiger partial charge on any atom is -0.472 e. The molecule has 9 heteroatoms. The summed E-state index contributed by atoms with van der Waals surface area (Å²) in [7, 11) is 2.90. The van der Waals surface area contributed by atoms with Crippen LogP contribution in [0.3, 0.4) is 0 Å². The molecule has 9 nitrogen and oxygen atoms in total. The first-order valence-corrected chi connectivity index (χ1v) is 10.1. The number of unbranched alkanes of at least 4 members (excludes halogenated alkanes) is 1. The Bertz CT molecular complexity index is 998. The summed E-state index contributed by atoms with van der Waals surface area (Å²) >= 11 is 0. The molecule has 1 aromatic carbocycles. The van der Waals surface area contributed by atoms with Crippen LogP contribution in [0.5, 0.6) is 5.88 Å². The number of methoxy groups -OCH3 is 1. The Kier molecular flexibility index (Phi) is 7.43. The predicted octanol–water partition coefficient (Wildman–Crippen LogP) is 2.88. The van der Waals surface area contributed by atoms with Crippen LogP contribution >= 0.6 is 0 Å². The molecule has 31 heavy (non-hydrogen) atoms. The molecule has 0 spiro atoms. The lowest BCUT2D eigenvalue weighted by Gasteiger charge is -2.17. The summed E-state index contributed by atoms with van der Waals surface area (Å²) in [6.07, 6.45) is -0.0270. The Labute approximate surface area is 180 Å². The topological polar surface area (TPSA) is 120 Å². The summed E-state index contributed by atoms with van der Waals surface area (Å²) in [6.45, 7) is 2.07. The smallest absolute Gasteiger partial charge is 0.356 e. The normalized spacial score (nSPS) is 13.1. The molecule has 3 rings (SSSR count). The van der Waals surface area contributed by atoms with Crippen molar-refractivity contribution in [2.24, 2.45) is 7.05 Å². The van der Waals surface area contributed by atoms with Crippen LogP contribution < -0.4 is 4.74 Å². The second kappa shape index (κ2) is 10.2. The van der Waals surface area contributed by atoms with Crippen molar-refractivity contribution in [1.82, 2.24) is 14.9 Å². The molecule has 0 amide bonds. The van der Waals surface area contributed by atoms with Crippen molar-refractivity contribution in [2.75, 3.05) is 7.11 Å². The molecule has 0 fully saturated rings. The molecule has 2 heterocycles. The number of benzene rings is 1. The van der Waals surface area contributed by atoms with Gasteiger partial charge in [0.25, 0.3) is 0 Å². The fourth-order valence-electron chi connectivity index (χ4n) is 3.21. The van der Waals surface area contributed by atoms with Gasteiger partial charge in [0.05, 0.1) is 18.4 Å². The molecule has 2 unspecified atom stereocenters. The largest absolute Gasteiger partial charge is 0.472 e. The number of rotatable bonds is 10. The zero-order valence-corrected chi connectivity index (χ0v) is 17.8. The number of aliphatic hydroxyl groups excluding tert-OH is 2. The molecular formula is C22H27N3O6. The molecule has 0 saturated carbocycles. The third-order valence-corrected chi connectivity index (χ3v) is 4.99. The molecule has 0 radical (unpaired) electrons. The Hall–Kier alpha value is -3.17. The second-order valence-electron chi connectivity index (χ2n) is 7.15. The van der Waals surface area contributed by atoms with Crippen LogP contribution in [0.4, 0.5) is 0 Å². The zero-order valence-electron chi connectivity index (χ0n) is 17.8. The molecule has 2 atom stereocenters. The maximum atomic E-state index is 11.8. The molecule has 2 aromatic heterocycles. The van der Waals surface area contributed by atoms with Crippen LogP contribution in [-0.4, -0.2) is 38.2 Å². The number of hydrogen-bond acceptors (Lipinski definition) is 8. The lowest BCUT2D eigenvalue weighted by atomic mass is 9.99. The molecule has 3 aromatic rings. The van der Waals surface area contributed by atoms with Crippen LogP contribution in [0.15, 0.2) is 40.9 Å². The first kappa shape index (κ1) is 22.5. The van der Waals surface area contributed by atoms with Crippen molar-refractivity contribution >= 4 is 5.97 Å². The van der Waals surface area contributed by atoms with E-state index in [4.69, 9.17) is 14.0 Å². The third kappa shape index (κ3) is 5.12. The van der Waals surface area contributed by atoms with Gasteiger partial charge in [-0.25, -0.2) is 4.79 Å². The quantitative estimate of drug-likeness (QED) is 0.472. The Morgan fingerprint density at radius 1 is 1.23 bits per heavy atom. The van der Waals surface area contributed by atoms with Crippen molar-refractivity contribution in [3.05, 3.63) is 64.7 Å². The van der Waals surface area contributed by atoms with Gasteiger partial charge in [-0.1, -0.05) is 48.8 Å². The monoisotopic (exact) mass is 429 g/mol. The van der Waals surface area contributed by atoms with Crippen LogP contribution in [-0.2, 0) is 24.8 Å². The van der Waals surface area contributed by atoms with E-state index in [9.17, 15) is 15.0 Å². The van der Waals surface area contributed by atoms with Gasteiger partial charge in [-0.15, -0.1) is 5.10 Å². The number of esters is 1. The molecule has 166 valence electrons. The number of carbonyl (C=O) groups is 1. The molecule has 0 bridgehead atoms. The average molecular weight is 429 g/mol. The van der Waals surface area contributed by atoms with E-state index in [1.807, 2.05) is 6.07 Å². The Morgan fingerprint density at radius 2 is 1.97 bits per heavy atom. The van der Waals surface area contributed by atoms with Crippen LogP contribution in [0.1, 0.15) is 65.0 Å². The summed E-state index contributed by atoms with van der Waals surface area (Å²) < 4.78 is 17.3. The van der Waals surface area contributed by atoms with Crippen molar-refractivity contribution in [1.29, 1.82) is 0 Å². The molecule has 0 aliphatic carbocycles. The first-order valence-electron chi connectivity index (χ1n) is 10.1. The van der Waals surface area contributed by atoms with E-state index in [0.717, 1.165) is 12.8 Å². The van der Waals surface area contributed by atoms with Gasteiger partial charge in [-0.05, 0) is 18.4 Å². The van der Waals surface area contributed by atoms with Gasteiger partial charge in [-0.3, -0.25) is 4.68 Å². The first-order chi connectivity index (χ1) is 15.0. The second-order valence-corrected chi connectivity index (χ2v) is 7.15. The lowest BCUT2D eigenvalue weighted by Crippen LogP contribution is -2.13. The minimum atomic E-state index is -1.32. The minimum absolute atomic E-state index is 0.00801. The van der Waals surface area contributed by atoms with Gasteiger partial charge in [-0.2, -0.15) is 0 Å². The number of aromatic nitrogens is 3. The van der Waals surface area contributed by atoms with E-state index < -0.39 is 18.2 Å². The Balaban J connectivity index is 1.84. The highest BCUT2D eigenvalue weighted by Crippen LogP contribution is 2.33. The molecule has 0 aliphatic rings. The zero-order chi connectivity index (χ0) is 22.4. The summed E-state index contributed by atoms with van der Waals surface area (Å²) in [4.78, 5) is 11.8. The van der Waals surface area contributed by atoms with E-state index in [-0.39, 0.29) is 23.9 Å². The molecule has 2 N–H and O–H groups in total. The fraction of sp³-hybridized carbons (Fsp3) is 0.409. The van der Waals surface area contributed by atoms with Crippen molar-refractivity contribution in [3.8, 4) is 5.88 Å². The van der Waals surface area contributed by atoms with E-state index in [2.05, 4.69) is 17.2 Å². The SMILES string of the molecule is CCCCc1noc(C(O)C(O)c2ccccc2)c1COc1cc(C(=O)OC)n(C)n1. The van der Waals surface area contributed by atoms with Gasteiger partial charge >= 0.3 is 5.97 Å². The van der Waals surface area contributed by atoms with Crippen molar-refractivity contribution in [2.45, 2.75) is 45.0 Å². The van der Waals surface area contributed by atoms with Gasteiger partial charge in [0.15, 0.2) is 5.76 Å². The number of carbonyl (C=O) groups excluding carboxylic acids is 1. The number of hydrogen-bond donors (Lipinski definition) is 2. The van der Waals surface area contributed by atoms with Gasteiger partial charge in [0, 0.05) is 13.1 Å². The van der Waals surface area contributed by atoms with Crippen molar-refractivity contribution < 1.29 is 29.0 Å². The number of aliphatic hydroxyl groups is 2. The summed E-state index contributed by atoms with van der Waals surface area (Å²) in [6, 6.07) is 10.3. The lowest BCUT2D eigenvalue weighted by molar-refractivity contribution is -0.000350. The van der Waals surface area contributed by atoms with E-state index in [1.165, 1.54) is 17.9 Å². The highest BCUT2D eigenvalue weighted by atomic mass is 16.5. The highest BCUT2D eigenvalue weighted by molar-refractivity contribution is 5.87. The summed E-state index contributed by atoms with van der Waals surface area (Å²) in [5, 5.41) is 29.7. The Morgan fingerprint density at radius 3 is 2.65 bits per heavy atom. The molecule has 0 aliphatic heterocycles. The van der Waals surface area contributed by atoms with Gasteiger partial charge in [0.2, 0.25) is 5.88 Å². The maximum Gasteiger partial charge on any atom is 0.356 e. The van der Waals surface area contributed by atoms with Crippen molar-refractivity contribution in [3.63, 3.8) is 0 Å². The summed E-state index contributed by atoms with van der Waals surface area (Å²) in [5.74, 6) is -0.165. The van der Waals surface area contributed by atoms with Crippen LogP contribution in [0.2, 0.25) is 0 Å². The molecular weight excluding hydrogens is 402 g/mol. The third-order valence-electron chi connectivity index (χ3n) is 4.99. The van der Waals surface area contributed by atoms with Gasteiger partial charge in [0.1, 0.15) is 24.5 Å². The number of ether oxygens (including phenoxy) is 2. The van der Waals surface area contributed by atoms with Crippen LogP contribution in [0, 0.1) is 0 Å². The molecule has 0 saturated heterocycles. The predicted molar refractivity (Wildman–Crippen MR) is 110 cm³/mol. The van der Waals surface area contributed by atoms with E-state index in [0.29, 0.717) is 23.2 Å². The average Bonchev–Trinajstić information content (AvgIpc) is 3.37. The highest BCUT2D eigenvalue weighted by Gasteiger charge is 2.29. The number of aryl methyl sites for hydroxylation is 2. The fourth-order valence-corrected chi connectivity index (χ4v) is 3.21. The maximum absolute atomic E-state index is 11.8. The number of nitrogens with zero attached hydrogens (tertiary/aromatic N) is 3. The van der Waals surface area contributed by atoms with Gasteiger partial charge < -0.3 is 24.2 Å². The van der Waals surface area contributed by atoms with E-state index in [1.54, 1.807) is 31.3 Å². The standard InChI is InChI=1S/C22H27N3O6/c1-4-5-11-16-15(13-30-18-12-17(22(28)29-3)25(2)23-18)21(31-24-16)20(27)19(26)14-9-7-6-8-10-14/h6-10,12,19-20,26-27H,4-5,11,13H2,1-3H3.